The summed E-state index contributed by atoms with van der Waals surface area (Å²) in [4.78, 5) is 0. The Morgan fingerprint density at radius 2 is 2.40 bits per heavy atom. The molecule has 1 aliphatic heterocycles. The van der Waals surface area contributed by atoms with Crippen molar-refractivity contribution < 1.29 is 9.84 Å². The zero-order valence-corrected chi connectivity index (χ0v) is 6.50. The number of ether oxygens (including phenoxy) is 1. The lowest BCUT2D eigenvalue weighted by atomic mass is 10.0. The van der Waals surface area contributed by atoms with E-state index < -0.39 is 0 Å². The van der Waals surface area contributed by atoms with Crippen molar-refractivity contribution >= 4 is 0 Å². The maximum atomic E-state index is 9.40. The monoisotopic (exact) mass is 142 g/mol. The first-order chi connectivity index (χ1) is 4.75. The van der Waals surface area contributed by atoms with Gasteiger partial charge in [-0.3, -0.25) is 0 Å². The van der Waals surface area contributed by atoms with Crippen molar-refractivity contribution in [3.8, 4) is 0 Å². The Hall–Kier alpha value is -0.340. The van der Waals surface area contributed by atoms with Crippen LogP contribution in [-0.4, -0.2) is 23.4 Å². The van der Waals surface area contributed by atoms with Crippen molar-refractivity contribution in [1.29, 1.82) is 0 Å². The van der Waals surface area contributed by atoms with Gasteiger partial charge < -0.3 is 9.84 Å². The van der Waals surface area contributed by atoms with Crippen molar-refractivity contribution in [3.05, 3.63) is 12.2 Å². The van der Waals surface area contributed by atoms with Gasteiger partial charge in [-0.1, -0.05) is 19.1 Å². The standard InChI is InChI=1S/C8H14O2/c1-3-5-8(6-10-8)7(9)4-2/h3,5,7,9H,4,6H2,1-2H3/b5-3+/t7-,8+/m0/s1. The molecule has 0 aromatic rings. The molecule has 0 aromatic carbocycles. The summed E-state index contributed by atoms with van der Waals surface area (Å²) in [6, 6.07) is 0. The van der Waals surface area contributed by atoms with E-state index in [-0.39, 0.29) is 11.7 Å². The normalized spacial score (nSPS) is 34.7. The minimum Gasteiger partial charge on any atom is -0.390 e. The maximum Gasteiger partial charge on any atom is 0.135 e. The highest BCUT2D eigenvalue weighted by molar-refractivity contribution is 5.13. The highest BCUT2D eigenvalue weighted by Crippen LogP contribution is 2.33. The number of aliphatic hydroxyl groups excluding tert-OH is 1. The number of hydrogen-bond acceptors (Lipinski definition) is 2. The van der Waals surface area contributed by atoms with Crippen LogP contribution in [0.25, 0.3) is 0 Å². The summed E-state index contributed by atoms with van der Waals surface area (Å²) in [5.74, 6) is 0. The molecule has 2 nitrogen and oxygen atoms in total. The topological polar surface area (TPSA) is 32.8 Å². The summed E-state index contributed by atoms with van der Waals surface area (Å²) in [5, 5.41) is 9.40. The first-order valence-electron chi connectivity index (χ1n) is 3.71. The minimum absolute atomic E-state index is 0.316. The summed E-state index contributed by atoms with van der Waals surface area (Å²) in [6.45, 7) is 4.57. The molecule has 0 saturated carbocycles. The lowest BCUT2D eigenvalue weighted by Crippen LogP contribution is -2.26. The second kappa shape index (κ2) is 2.72. The predicted molar refractivity (Wildman–Crippen MR) is 39.8 cm³/mol. The van der Waals surface area contributed by atoms with Crippen molar-refractivity contribution in [3.63, 3.8) is 0 Å². The van der Waals surface area contributed by atoms with Gasteiger partial charge in [-0.05, 0) is 13.3 Å². The van der Waals surface area contributed by atoms with Crippen LogP contribution in [0.5, 0.6) is 0 Å². The van der Waals surface area contributed by atoms with Gasteiger partial charge >= 0.3 is 0 Å². The molecule has 0 bridgehead atoms. The molecule has 0 aliphatic carbocycles. The first kappa shape index (κ1) is 7.76. The van der Waals surface area contributed by atoms with Crippen LogP contribution in [0, 0.1) is 0 Å². The van der Waals surface area contributed by atoms with Gasteiger partial charge in [-0.2, -0.15) is 0 Å². The van der Waals surface area contributed by atoms with Gasteiger partial charge in [-0.25, -0.2) is 0 Å². The van der Waals surface area contributed by atoms with Crippen molar-refractivity contribution in [2.45, 2.75) is 32.0 Å². The maximum absolute atomic E-state index is 9.40. The number of aliphatic hydroxyl groups is 1. The zero-order valence-electron chi connectivity index (χ0n) is 6.50. The highest BCUT2D eigenvalue weighted by atomic mass is 16.6. The Morgan fingerprint density at radius 1 is 1.80 bits per heavy atom. The molecule has 0 unspecified atom stereocenters. The summed E-state index contributed by atoms with van der Waals surface area (Å²) < 4.78 is 5.15. The fourth-order valence-electron chi connectivity index (χ4n) is 1.11. The lowest BCUT2D eigenvalue weighted by Gasteiger charge is -2.12. The van der Waals surface area contributed by atoms with E-state index in [1.54, 1.807) is 0 Å². The molecule has 10 heavy (non-hydrogen) atoms. The Morgan fingerprint density at radius 3 is 2.70 bits per heavy atom. The lowest BCUT2D eigenvalue weighted by molar-refractivity contribution is 0.0964. The average molecular weight is 142 g/mol. The van der Waals surface area contributed by atoms with E-state index in [1.807, 2.05) is 26.0 Å². The van der Waals surface area contributed by atoms with Crippen LogP contribution >= 0.6 is 0 Å². The van der Waals surface area contributed by atoms with Crippen LogP contribution in [0.1, 0.15) is 20.3 Å². The molecule has 0 amide bonds. The Kier molecular flexibility index (Phi) is 2.11. The molecule has 58 valence electrons. The third-order valence-electron chi connectivity index (χ3n) is 1.88. The van der Waals surface area contributed by atoms with Crippen molar-refractivity contribution in [2.75, 3.05) is 6.61 Å². The van der Waals surface area contributed by atoms with Crippen LogP contribution in [-0.2, 0) is 4.74 Å². The van der Waals surface area contributed by atoms with E-state index in [2.05, 4.69) is 0 Å². The Labute approximate surface area is 61.5 Å². The van der Waals surface area contributed by atoms with Crippen molar-refractivity contribution in [2.24, 2.45) is 0 Å². The summed E-state index contributed by atoms with van der Waals surface area (Å²) in [5.41, 5.74) is -0.316. The largest absolute Gasteiger partial charge is 0.390 e. The molecule has 1 saturated heterocycles. The molecule has 2 atom stereocenters. The van der Waals surface area contributed by atoms with Gasteiger partial charge in [0.15, 0.2) is 0 Å². The molecular weight excluding hydrogens is 128 g/mol. The molecule has 2 heteroatoms. The number of rotatable bonds is 3. The molecule has 0 spiro atoms. The van der Waals surface area contributed by atoms with Gasteiger partial charge in [0.25, 0.3) is 0 Å². The molecule has 1 N–H and O–H groups in total. The zero-order chi connectivity index (χ0) is 7.61. The number of epoxide rings is 1. The van der Waals surface area contributed by atoms with E-state index >= 15 is 0 Å². The second-order valence-electron chi connectivity index (χ2n) is 2.67. The summed E-state index contributed by atoms with van der Waals surface area (Å²) in [6.07, 6.45) is 4.28. The molecule has 0 aromatic heterocycles. The third kappa shape index (κ3) is 1.22. The minimum atomic E-state index is -0.330. The summed E-state index contributed by atoms with van der Waals surface area (Å²) >= 11 is 0. The number of hydrogen-bond donors (Lipinski definition) is 1. The smallest absolute Gasteiger partial charge is 0.135 e. The Balaban J connectivity index is 2.51. The number of allylic oxidation sites excluding steroid dienone is 1. The average Bonchev–Trinajstić information content (AvgIpc) is 2.69. The van der Waals surface area contributed by atoms with E-state index in [0.717, 1.165) is 6.42 Å². The molecule has 1 aliphatic rings. The van der Waals surface area contributed by atoms with Gasteiger partial charge in [0, 0.05) is 0 Å². The van der Waals surface area contributed by atoms with Crippen LogP contribution in [0.4, 0.5) is 0 Å². The first-order valence-corrected chi connectivity index (χ1v) is 3.71. The molecule has 1 heterocycles. The fourth-order valence-corrected chi connectivity index (χ4v) is 1.11. The van der Waals surface area contributed by atoms with Crippen LogP contribution in [0.15, 0.2) is 12.2 Å². The molecule has 0 radical (unpaired) electrons. The SMILES string of the molecule is C/C=C/[C@]1([C@@H](O)CC)CO1. The molecule has 1 rings (SSSR count). The van der Waals surface area contributed by atoms with E-state index in [4.69, 9.17) is 4.74 Å². The third-order valence-corrected chi connectivity index (χ3v) is 1.88. The van der Waals surface area contributed by atoms with Crippen molar-refractivity contribution in [1.82, 2.24) is 0 Å². The molecular formula is C8H14O2. The molecule has 1 fully saturated rings. The van der Waals surface area contributed by atoms with Crippen LogP contribution in [0.3, 0.4) is 0 Å². The van der Waals surface area contributed by atoms with Crippen LogP contribution < -0.4 is 0 Å². The predicted octanol–water partition coefficient (Wildman–Crippen LogP) is 1.10. The van der Waals surface area contributed by atoms with Gasteiger partial charge in [0.1, 0.15) is 5.60 Å². The van der Waals surface area contributed by atoms with Crippen LogP contribution in [0.2, 0.25) is 0 Å². The highest BCUT2D eigenvalue weighted by Gasteiger charge is 2.47. The Bertz CT molecular complexity index is 136. The second-order valence-corrected chi connectivity index (χ2v) is 2.67. The van der Waals surface area contributed by atoms with Gasteiger partial charge in [0.05, 0.1) is 12.7 Å². The van der Waals surface area contributed by atoms with Gasteiger partial charge in [0.2, 0.25) is 0 Å². The quantitative estimate of drug-likeness (QED) is 0.473. The van der Waals surface area contributed by atoms with Gasteiger partial charge in [-0.15, -0.1) is 0 Å². The van der Waals surface area contributed by atoms with E-state index in [0.29, 0.717) is 6.61 Å². The fraction of sp³-hybridized carbons (Fsp3) is 0.750. The van der Waals surface area contributed by atoms with E-state index in [9.17, 15) is 5.11 Å². The van der Waals surface area contributed by atoms with E-state index in [1.165, 1.54) is 0 Å². The summed E-state index contributed by atoms with van der Waals surface area (Å²) in [7, 11) is 0.